The number of carboxylic acid groups (broad SMARTS) is 1. The first kappa shape index (κ1) is 35.1. The van der Waals surface area contributed by atoms with E-state index in [9.17, 15) is 27.9 Å². The molecule has 0 bridgehead atoms. The SMILES string of the molecule is COCC(COC)N(C(=O)C1CCC(C)CC1)c1ccc(Oc2ncc(Cc3csc(N(C)C)n3)cc2C(F)(F)F)cc1C(=O)O. The molecule has 1 aliphatic carbocycles. The van der Waals surface area contributed by atoms with E-state index in [-0.39, 0.29) is 54.0 Å². The molecule has 10 nitrogen and oxygen atoms in total. The molecule has 250 valence electrons. The van der Waals surface area contributed by atoms with Crippen molar-refractivity contribution in [3.63, 3.8) is 0 Å². The van der Waals surface area contributed by atoms with E-state index in [1.54, 1.807) is 5.38 Å². The summed E-state index contributed by atoms with van der Waals surface area (Å²) < 4.78 is 58.8. The first-order valence-corrected chi connectivity index (χ1v) is 15.7. The zero-order valence-electron chi connectivity index (χ0n) is 26.5. The van der Waals surface area contributed by atoms with Gasteiger partial charge >= 0.3 is 12.1 Å². The quantitative estimate of drug-likeness (QED) is 0.218. The number of benzene rings is 1. The van der Waals surface area contributed by atoms with Crippen LogP contribution < -0.4 is 14.5 Å². The normalized spacial score (nSPS) is 16.8. The molecule has 46 heavy (non-hydrogen) atoms. The van der Waals surface area contributed by atoms with E-state index >= 15 is 0 Å². The Morgan fingerprint density at radius 3 is 2.33 bits per heavy atom. The molecule has 0 aliphatic heterocycles. The Kier molecular flexibility index (Phi) is 11.6. The van der Waals surface area contributed by atoms with E-state index in [1.807, 2.05) is 19.0 Å². The number of rotatable bonds is 13. The maximum Gasteiger partial charge on any atom is 0.421 e. The lowest BCUT2D eigenvalue weighted by Crippen LogP contribution is -2.49. The molecule has 1 saturated carbocycles. The second-order valence-electron chi connectivity index (χ2n) is 11.7. The molecule has 0 spiro atoms. The summed E-state index contributed by atoms with van der Waals surface area (Å²) in [4.78, 5) is 38.1. The Bertz CT molecular complexity index is 1500. The molecular weight excluding hydrogens is 625 g/mol. The number of aromatic carboxylic acids is 1. The van der Waals surface area contributed by atoms with Crippen molar-refractivity contribution in [2.75, 3.05) is 51.3 Å². The van der Waals surface area contributed by atoms with Crippen molar-refractivity contribution in [1.82, 2.24) is 9.97 Å². The van der Waals surface area contributed by atoms with Gasteiger partial charge in [0, 0.05) is 52.2 Å². The number of alkyl halides is 3. The van der Waals surface area contributed by atoms with Crippen LogP contribution in [0.1, 0.15) is 59.8 Å². The number of halogens is 3. The van der Waals surface area contributed by atoms with Crippen LogP contribution >= 0.6 is 11.3 Å². The zero-order valence-corrected chi connectivity index (χ0v) is 27.3. The second kappa shape index (κ2) is 15.2. The summed E-state index contributed by atoms with van der Waals surface area (Å²) in [7, 11) is 6.59. The van der Waals surface area contributed by atoms with Crippen molar-refractivity contribution in [2.45, 2.75) is 51.2 Å². The molecule has 3 aromatic rings. The third-order valence-electron chi connectivity index (χ3n) is 7.88. The molecule has 2 aromatic heterocycles. The number of hydrogen-bond donors (Lipinski definition) is 1. The maximum absolute atomic E-state index is 14.2. The van der Waals surface area contributed by atoms with Crippen LogP contribution in [-0.4, -0.2) is 74.5 Å². The highest BCUT2D eigenvalue weighted by Crippen LogP contribution is 2.39. The number of amides is 1. The number of carboxylic acids is 1. The maximum atomic E-state index is 14.2. The molecule has 1 amide bonds. The third-order valence-corrected chi connectivity index (χ3v) is 8.94. The van der Waals surface area contributed by atoms with E-state index in [0.717, 1.165) is 30.1 Å². The summed E-state index contributed by atoms with van der Waals surface area (Å²) in [6.07, 6.45) is -0.336. The van der Waals surface area contributed by atoms with Crippen LogP contribution in [0.25, 0.3) is 0 Å². The summed E-state index contributed by atoms with van der Waals surface area (Å²) in [5, 5.41) is 12.7. The molecular formula is C32H39F3N4O6S. The number of aromatic nitrogens is 2. The van der Waals surface area contributed by atoms with Gasteiger partial charge in [-0.15, -0.1) is 11.3 Å². The van der Waals surface area contributed by atoms with Gasteiger partial charge in [0.05, 0.1) is 36.2 Å². The lowest BCUT2D eigenvalue weighted by Gasteiger charge is -2.36. The van der Waals surface area contributed by atoms with Gasteiger partial charge in [-0.1, -0.05) is 6.92 Å². The minimum absolute atomic E-state index is 0.0716. The Balaban J connectivity index is 1.69. The van der Waals surface area contributed by atoms with Gasteiger partial charge in [-0.2, -0.15) is 13.2 Å². The van der Waals surface area contributed by atoms with Gasteiger partial charge in [-0.05, 0) is 61.4 Å². The van der Waals surface area contributed by atoms with E-state index in [1.165, 1.54) is 48.8 Å². The van der Waals surface area contributed by atoms with Crippen molar-refractivity contribution in [3.8, 4) is 11.6 Å². The van der Waals surface area contributed by atoms with Crippen LogP contribution in [-0.2, 0) is 26.9 Å². The monoisotopic (exact) mass is 664 g/mol. The van der Waals surface area contributed by atoms with Gasteiger partial charge < -0.3 is 29.1 Å². The Hall–Kier alpha value is -3.75. The minimum atomic E-state index is -4.81. The van der Waals surface area contributed by atoms with Gasteiger partial charge in [0.2, 0.25) is 11.8 Å². The summed E-state index contributed by atoms with van der Waals surface area (Å²) in [6.45, 7) is 2.28. The lowest BCUT2D eigenvalue weighted by atomic mass is 9.82. The third kappa shape index (κ3) is 8.53. The van der Waals surface area contributed by atoms with Crippen LogP contribution in [0.5, 0.6) is 11.6 Å². The fraction of sp³-hybridized carbons (Fsp3) is 0.500. The molecule has 1 fully saturated rings. The molecule has 1 N–H and O–H groups in total. The minimum Gasteiger partial charge on any atom is -0.478 e. The number of methoxy groups -OCH3 is 2. The Labute approximate surface area is 270 Å². The highest BCUT2D eigenvalue weighted by atomic mass is 32.1. The fourth-order valence-electron chi connectivity index (χ4n) is 5.52. The average molecular weight is 665 g/mol. The standard InChI is InChI=1S/C32H39F3N4O6S/c1-19-6-8-21(9-7-19)29(40)39(23(16-43-4)17-44-5)27-11-10-24(14-25(27)30(41)42)45-28-26(32(33,34)35)13-20(15-36-28)12-22-18-46-31(37-22)38(2)3/h10-11,13-15,18-19,21,23H,6-9,12,16-17H2,1-5H3,(H,41,42). The molecule has 0 unspecified atom stereocenters. The number of thiazole rings is 1. The Morgan fingerprint density at radius 1 is 1.09 bits per heavy atom. The number of carbonyl (C=O) groups excluding carboxylic acids is 1. The number of hydrogen-bond acceptors (Lipinski definition) is 9. The van der Waals surface area contributed by atoms with Crippen molar-refractivity contribution in [2.24, 2.45) is 11.8 Å². The van der Waals surface area contributed by atoms with Gasteiger partial charge in [-0.3, -0.25) is 4.79 Å². The van der Waals surface area contributed by atoms with Crippen LogP contribution in [0.15, 0.2) is 35.8 Å². The summed E-state index contributed by atoms with van der Waals surface area (Å²) in [6, 6.07) is 4.10. The molecule has 1 aromatic carbocycles. The second-order valence-corrected chi connectivity index (χ2v) is 12.5. The number of carbonyl (C=O) groups is 2. The van der Waals surface area contributed by atoms with Crippen molar-refractivity contribution >= 4 is 34.0 Å². The van der Waals surface area contributed by atoms with E-state index in [2.05, 4.69) is 16.9 Å². The van der Waals surface area contributed by atoms with E-state index < -0.39 is 29.6 Å². The van der Waals surface area contributed by atoms with Gasteiger partial charge in [-0.25, -0.2) is 14.8 Å². The lowest BCUT2D eigenvalue weighted by molar-refractivity contribution is -0.139. The molecule has 0 radical (unpaired) electrons. The number of nitrogens with zero attached hydrogens (tertiary/aromatic N) is 4. The van der Waals surface area contributed by atoms with Crippen LogP contribution in [0, 0.1) is 11.8 Å². The predicted molar refractivity (Wildman–Crippen MR) is 168 cm³/mol. The molecule has 4 rings (SSSR count). The van der Waals surface area contributed by atoms with Crippen molar-refractivity contribution < 1.29 is 42.1 Å². The van der Waals surface area contributed by atoms with Crippen molar-refractivity contribution in [3.05, 3.63) is 58.2 Å². The summed E-state index contributed by atoms with van der Waals surface area (Å²) in [5.74, 6) is -2.38. The predicted octanol–water partition coefficient (Wildman–Crippen LogP) is 6.52. The highest BCUT2D eigenvalue weighted by molar-refractivity contribution is 7.13. The number of anilines is 2. The zero-order chi connectivity index (χ0) is 33.6. The van der Waals surface area contributed by atoms with Crippen LogP contribution in [0.4, 0.5) is 24.0 Å². The van der Waals surface area contributed by atoms with E-state index in [0.29, 0.717) is 24.5 Å². The molecule has 1 aliphatic rings. The van der Waals surface area contributed by atoms with Gasteiger partial charge in [0.25, 0.3) is 0 Å². The molecule has 0 saturated heterocycles. The number of pyridine rings is 1. The summed E-state index contributed by atoms with van der Waals surface area (Å²) >= 11 is 1.38. The van der Waals surface area contributed by atoms with E-state index in [4.69, 9.17) is 14.2 Å². The molecule has 2 heterocycles. The number of ether oxygens (including phenoxy) is 3. The van der Waals surface area contributed by atoms with Gasteiger partial charge in [0.15, 0.2) is 5.13 Å². The smallest absolute Gasteiger partial charge is 0.421 e. The van der Waals surface area contributed by atoms with Gasteiger partial charge in [0.1, 0.15) is 11.3 Å². The van der Waals surface area contributed by atoms with Crippen LogP contribution in [0.2, 0.25) is 0 Å². The first-order valence-electron chi connectivity index (χ1n) is 14.9. The van der Waals surface area contributed by atoms with Crippen LogP contribution in [0.3, 0.4) is 0 Å². The van der Waals surface area contributed by atoms with Crippen molar-refractivity contribution in [1.29, 1.82) is 0 Å². The average Bonchev–Trinajstić information content (AvgIpc) is 3.47. The fourth-order valence-corrected chi connectivity index (χ4v) is 6.28. The topological polar surface area (TPSA) is 114 Å². The highest BCUT2D eigenvalue weighted by Gasteiger charge is 2.37. The summed E-state index contributed by atoms with van der Waals surface area (Å²) in [5.41, 5.74) is -0.482. The largest absolute Gasteiger partial charge is 0.478 e. The Morgan fingerprint density at radius 2 is 1.76 bits per heavy atom. The first-order chi connectivity index (χ1) is 21.8. The molecule has 14 heteroatoms. The molecule has 0 atom stereocenters.